The van der Waals surface area contributed by atoms with Crippen LogP contribution in [0.4, 0.5) is 10.7 Å². The van der Waals surface area contributed by atoms with Crippen molar-refractivity contribution in [1.29, 1.82) is 0 Å². The van der Waals surface area contributed by atoms with Crippen LogP contribution in [-0.2, 0) is 6.54 Å². The van der Waals surface area contributed by atoms with Crippen LogP contribution in [0.2, 0.25) is 0 Å². The second kappa shape index (κ2) is 6.01. The molecule has 0 aliphatic carbocycles. The van der Waals surface area contributed by atoms with Crippen molar-refractivity contribution < 1.29 is 14.4 Å². The SMILES string of the molecule is O=[N+]([O-])c1cc(CNc2ccc3c(c2)OCCCO3)cs1. The average molecular weight is 306 g/mol. The molecule has 110 valence electrons. The number of nitrogens with one attached hydrogen (secondary N) is 1. The maximum Gasteiger partial charge on any atom is 0.324 e. The van der Waals surface area contributed by atoms with Crippen LogP contribution in [0.1, 0.15) is 12.0 Å². The van der Waals surface area contributed by atoms with Crippen molar-refractivity contribution in [3.8, 4) is 11.5 Å². The Labute approximate surface area is 125 Å². The molecule has 0 bridgehead atoms. The molecule has 1 aromatic heterocycles. The monoisotopic (exact) mass is 306 g/mol. The van der Waals surface area contributed by atoms with E-state index in [-0.39, 0.29) is 9.92 Å². The van der Waals surface area contributed by atoms with Crippen molar-refractivity contribution in [1.82, 2.24) is 0 Å². The van der Waals surface area contributed by atoms with Crippen molar-refractivity contribution >= 4 is 22.0 Å². The van der Waals surface area contributed by atoms with Crippen LogP contribution in [0.15, 0.2) is 29.6 Å². The lowest BCUT2D eigenvalue weighted by atomic mass is 10.2. The van der Waals surface area contributed by atoms with Crippen LogP contribution in [0.25, 0.3) is 0 Å². The largest absolute Gasteiger partial charge is 0.490 e. The molecular formula is C14H14N2O4S. The van der Waals surface area contributed by atoms with E-state index >= 15 is 0 Å². The third-order valence-electron chi connectivity index (χ3n) is 3.06. The minimum absolute atomic E-state index is 0.158. The third-order valence-corrected chi connectivity index (χ3v) is 3.99. The minimum atomic E-state index is -0.373. The first-order valence-electron chi connectivity index (χ1n) is 6.58. The lowest BCUT2D eigenvalue weighted by Crippen LogP contribution is -1.99. The summed E-state index contributed by atoms with van der Waals surface area (Å²) in [6.45, 7) is 1.84. The molecule has 1 aliphatic heterocycles. The van der Waals surface area contributed by atoms with Gasteiger partial charge in [0.15, 0.2) is 11.5 Å². The van der Waals surface area contributed by atoms with E-state index < -0.39 is 0 Å². The lowest BCUT2D eigenvalue weighted by Gasteiger charge is -2.10. The van der Waals surface area contributed by atoms with E-state index in [0.29, 0.717) is 19.8 Å². The topological polar surface area (TPSA) is 73.6 Å². The molecule has 21 heavy (non-hydrogen) atoms. The smallest absolute Gasteiger partial charge is 0.324 e. The van der Waals surface area contributed by atoms with Gasteiger partial charge in [-0.1, -0.05) is 11.3 Å². The maximum atomic E-state index is 10.6. The number of ether oxygens (including phenoxy) is 2. The van der Waals surface area contributed by atoms with Gasteiger partial charge in [0.05, 0.1) is 18.1 Å². The Hall–Kier alpha value is -2.28. The predicted octanol–water partition coefficient (Wildman–Crippen LogP) is 3.43. The van der Waals surface area contributed by atoms with Crippen molar-refractivity contribution in [2.75, 3.05) is 18.5 Å². The molecule has 1 aliphatic rings. The number of hydrogen-bond acceptors (Lipinski definition) is 6. The summed E-state index contributed by atoms with van der Waals surface area (Å²) in [4.78, 5) is 10.3. The van der Waals surface area contributed by atoms with Gasteiger partial charge in [0.2, 0.25) is 0 Å². The Balaban J connectivity index is 1.67. The van der Waals surface area contributed by atoms with Gasteiger partial charge >= 0.3 is 5.00 Å². The zero-order valence-corrected chi connectivity index (χ0v) is 12.0. The highest BCUT2D eigenvalue weighted by Crippen LogP contribution is 2.32. The molecule has 6 nitrogen and oxygen atoms in total. The highest BCUT2D eigenvalue weighted by molar-refractivity contribution is 7.13. The minimum Gasteiger partial charge on any atom is -0.490 e. The molecule has 0 unspecified atom stereocenters. The van der Waals surface area contributed by atoms with Gasteiger partial charge < -0.3 is 14.8 Å². The highest BCUT2D eigenvalue weighted by Gasteiger charge is 2.12. The second-order valence-corrected chi connectivity index (χ2v) is 5.51. The zero-order chi connectivity index (χ0) is 14.7. The number of nitro groups is 1. The summed E-state index contributed by atoms with van der Waals surface area (Å²) >= 11 is 1.13. The maximum absolute atomic E-state index is 10.6. The van der Waals surface area contributed by atoms with Gasteiger partial charge in [0.1, 0.15) is 0 Å². The standard InChI is InChI=1S/C14H14N2O4S/c17-16(18)14-6-10(9-21-14)8-15-11-2-3-12-13(7-11)20-5-1-4-19-12/h2-3,6-7,9,15H,1,4-5,8H2. The molecule has 0 saturated carbocycles. The molecule has 2 aromatic rings. The molecule has 7 heteroatoms. The average Bonchev–Trinajstić information content (AvgIpc) is 2.84. The summed E-state index contributed by atoms with van der Waals surface area (Å²) in [6.07, 6.45) is 0.871. The van der Waals surface area contributed by atoms with Gasteiger partial charge in [0, 0.05) is 36.2 Å². The third kappa shape index (κ3) is 3.25. The van der Waals surface area contributed by atoms with Crippen LogP contribution in [0.5, 0.6) is 11.5 Å². The van der Waals surface area contributed by atoms with Crippen LogP contribution in [0.3, 0.4) is 0 Å². The number of fused-ring (bicyclic) bond motifs is 1. The van der Waals surface area contributed by atoms with Gasteiger partial charge in [-0.25, -0.2) is 0 Å². The van der Waals surface area contributed by atoms with Crippen molar-refractivity contribution in [3.05, 3.63) is 45.3 Å². The highest BCUT2D eigenvalue weighted by atomic mass is 32.1. The number of nitrogens with zero attached hydrogens (tertiary/aromatic N) is 1. The van der Waals surface area contributed by atoms with Crippen LogP contribution < -0.4 is 14.8 Å². The number of rotatable bonds is 4. The van der Waals surface area contributed by atoms with E-state index in [1.807, 2.05) is 18.2 Å². The van der Waals surface area contributed by atoms with Crippen LogP contribution in [0, 0.1) is 10.1 Å². The summed E-state index contributed by atoms with van der Waals surface area (Å²) in [5.74, 6) is 1.48. The molecule has 0 atom stereocenters. The Bertz CT molecular complexity index is 656. The fraction of sp³-hybridized carbons (Fsp3) is 0.286. The second-order valence-electron chi connectivity index (χ2n) is 4.62. The Morgan fingerprint density at radius 2 is 2.05 bits per heavy atom. The van der Waals surface area contributed by atoms with Gasteiger partial charge in [-0.15, -0.1) is 0 Å². The predicted molar refractivity (Wildman–Crippen MR) is 80.3 cm³/mol. The molecule has 1 N–H and O–H groups in total. The number of hydrogen-bond donors (Lipinski definition) is 1. The molecule has 0 saturated heterocycles. The Morgan fingerprint density at radius 1 is 1.24 bits per heavy atom. The molecule has 0 fully saturated rings. The van der Waals surface area contributed by atoms with Crippen molar-refractivity contribution in [3.63, 3.8) is 0 Å². The fourth-order valence-corrected chi connectivity index (χ4v) is 2.76. The summed E-state index contributed by atoms with van der Waals surface area (Å²) in [5.41, 5.74) is 1.78. The molecule has 3 rings (SSSR count). The fourth-order valence-electron chi connectivity index (χ4n) is 2.03. The Morgan fingerprint density at radius 3 is 2.81 bits per heavy atom. The van der Waals surface area contributed by atoms with E-state index in [2.05, 4.69) is 5.32 Å². The van der Waals surface area contributed by atoms with Crippen LogP contribution in [-0.4, -0.2) is 18.1 Å². The van der Waals surface area contributed by atoms with Crippen molar-refractivity contribution in [2.24, 2.45) is 0 Å². The summed E-state index contributed by atoms with van der Waals surface area (Å²) in [6, 6.07) is 7.26. The van der Waals surface area contributed by atoms with Crippen LogP contribution >= 0.6 is 11.3 Å². The summed E-state index contributed by atoms with van der Waals surface area (Å²) in [5, 5.41) is 15.8. The zero-order valence-electron chi connectivity index (χ0n) is 11.2. The van der Waals surface area contributed by atoms with Gasteiger partial charge in [0.25, 0.3) is 0 Å². The lowest BCUT2D eigenvalue weighted by molar-refractivity contribution is -0.380. The van der Waals surface area contributed by atoms with E-state index in [9.17, 15) is 10.1 Å². The van der Waals surface area contributed by atoms with E-state index in [1.165, 1.54) is 0 Å². The molecule has 1 aromatic carbocycles. The summed E-state index contributed by atoms with van der Waals surface area (Å²) < 4.78 is 11.2. The first kappa shape index (κ1) is 13.7. The van der Waals surface area contributed by atoms with Crippen molar-refractivity contribution in [2.45, 2.75) is 13.0 Å². The van der Waals surface area contributed by atoms with Gasteiger partial charge in [-0.2, -0.15) is 0 Å². The first-order valence-corrected chi connectivity index (χ1v) is 7.45. The number of anilines is 1. The van der Waals surface area contributed by atoms with E-state index in [4.69, 9.17) is 9.47 Å². The molecular weight excluding hydrogens is 292 g/mol. The van der Waals surface area contributed by atoms with Gasteiger partial charge in [-0.05, 0) is 17.7 Å². The molecule has 0 spiro atoms. The number of thiophene rings is 1. The molecule has 0 radical (unpaired) electrons. The molecule has 0 amide bonds. The normalized spacial score (nSPS) is 13.5. The van der Waals surface area contributed by atoms with Gasteiger partial charge in [-0.3, -0.25) is 10.1 Å². The molecule has 2 heterocycles. The summed E-state index contributed by atoms with van der Waals surface area (Å²) in [7, 11) is 0. The Kier molecular flexibility index (Phi) is 3.92. The number of benzene rings is 1. The van der Waals surface area contributed by atoms with E-state index in [0.717, 1.165) is 40.5 Å². The quantitative estimate of drug-likeness (QED) is 0.692. The first-order chi connectivity index (χ1) is 10.2. The van der Waals surface area contributed by atoms with E-state index in [1.54, 1.807) is 11.4 Å².